The molecule has 2 aromatic rings. The molecular formula is C14H16ClN3O. The molecular weight excluding hydrogens is 262 g/mol. The minimum atomic E-state index is 0. The predicted octanol–water partition coefficient (Wildman–Crippen LogP) is 2.59. The smallest absolute Gasteiger partial charge is 0.191 e. The fourth-order valence-corrected chi connectivity index (χ4v) is 1.53. The molecule has 0 aliphatic rings. The number of benzene rings is 2. The van der Waals surface area contributed by atoms with Crippen molar-refractivity contribution < 1.29 is 4.74 Å². The molecule has 0 amide bonds. The van der Waals surface area contributed by atoms with Crippen molar-refractivity contribution in [2.45, 2.75) is 6.61 Å². The lowest BCUT2D eigenvalue weighted by atomic mass is 10.2. The average molecular weight is 278 g/mol. The van der Waals surface area contributed by atoms with Gasteiger partial charge in [-0.25, -0.2) is 4.99 Å². The molecule has 5 heteroatoms. The summed E-state index contributed by atoms with van der Waals surface area (Å²) in [6.45, 7) is 0.520. The van der Waals surface area contributed by atoms with Crippen LogP contribution in [0.5, 0.6) is 5.75 Å². The van der Waals surface area contributed by atoms with Crippen LogP contribution in [0, 0.1) is 0 Å². The lowest BCUT2D eigenvalue weighted by molar-refractivity contribution is 0.306. The van der Waals surface area contributed by atoms with E-state index in [1.54, 1.807) is 6.07 Å². The van der Waals surface area contributed by atoms with Crippen molar-refractivity contribution in [2.75, 3.05) is 0 Å². The highest BCUT2D eigenvalue weighted by molar-refractivity contribution is 5.85. The second-order valence-corrected chi connectivity index (χ2v) is 3.81. The Morgan fingerprint density at radius 3 is 2.42 bits per heavy atom. The Morgan fingerprint density at radius 1 is 1.00 bits per heavy atom. The number of nitrogens with two attached hydrogens (primary N) is 2. The number of halogens is 1. The summed E-state index contributed by atoms with van der Waals surface area (Å²) >= 11 is 0. The van der Waals surface area contributed by atoms with Crippen LogP contribution >= 0.6 is 12.4 Å². The number of guanidine groups is 1. The minimum absolute atomic E-state index is 0. The van der Waals surface area contributed by atoms with Crippen LogP contribution in [0.4, 0.5) is 5.69 Å². The molecule has 2 rings (SSSR count). The normalized spacial score (nSPS) is 9.26. The molecule has 0 atom stereocenters. The SMILES string of the molecule is Cl.NC(N)=Nc1cccc(OCc2ccccc2)c1. The zero-order valence-corrected chi connectivity index (χ0v) is 11.1. The third-order valence-electron chi connectivity index (χ3n) is 2.32. The number of ether oxygens (including phenoxy) is 1. The Morgan fingerprint density at radius 2 is 1.74 bits per heavy atom. The predicted molar refractivity (Wildman–Crippen MR) is 79.9 cm³/mol. The second-order valence-electron chi connectivity index (χ2n) is 3.81. The third kappa shape index (κ3) is 4.89. The number of hydrogen-bond acceptors (Lipinski definition) is 2. The van der Waals surface area contributed by atoms with Crippen molar-refractivity contribution in [1.82, 2.24) is 0 Å². The fourth-order valence-electron chi connectivity index (χ4n) is 1.53. The van der Waals surface area contributed by atoms with Crippen molar-refractivity contribution in [3.05, 3.63) is 60.2 Å². The summed E-state index contributed by atoms with van der Waals surface area (Å²) in [6.07, 6.45) is 0. The van der Waals surface area contributed by atoms with Gasteiger partial charge in [-0.1, -0.05) is 36.4 Å². The van der Waals surface area contributed by atoms with E-state index in [4.69, 9.17) is 16.2 Å². The molecule has 19 heavy (non-hydrogen) atoms. The van der Waals surface area contributed by atoms with Gasteiger partial charge in [-0.2, -0.15) is 0 Å². The molecule has 0 aromatic heterocycles. The summed E-state index contributed by atoms with van der Waals surface area (Å²) in [5.74, 6) is 0.775. The zero-order chi connectivity index (χ0) is 12.8. The van der Waals surface area contributed by atoms with Crippen LogP contribution < -0.4 is 16.2 Å². The van der Waals surface area contributed by atoms with Crippen LogP contribution in [0.1, 0.15) is 5.56 Å². The maximum atomic E-state index is 5.66. The van der Waals surface area contributed by atoms with E-state index in [9.17, 15) is 0 Å². The first kappa shape index (κ1) is 14.9. The lowest BCUT2D eigenvalue weighted by Gasteiger charge is -2.06. The molecule has 0 saturated heterocycles. The quantitative estimate of drug-likeness (QED) is 0.666. The van der Waals surface area contributed by atoms with Crippen molar-refractivity contribution in [3.8, 4) is 5.75 Å². The van der Waals surface area contributed by atoms with Crippen LogP contribution in [-0.2, 0) is 6.61 Å². The van der Waals surface area contributed by atoms with Gasteiger partial charge in [0.2, 0.25) is 0 Å². The average Bonchev–Trinajstić information content (AvgIpc) is 2.37. The first-order valence-electron chi connectivity index (χ1n) is 5.60. The van der Waals surface area contributed by atoms with Crippen LogP contribution in [-0.4, -0.2) is 5.96 Å². The molecule has 0 bridgehead atoms. The Hall–Kier alpha value is -2.20. The summed E-state index contributed by atoms with van der Waals surface area (Å²) in [4.78, 5) is 3.97. The van der Waals surface area contributed by atoms with Gasteiger partial charge >= 0.3 is 0 Å². The molecule has 4 nitrogen and oxygen atoms in total. The van der Waals surface area contributed by atoms with Gasteiger partial charge in [-0.05, 0) is 17.7 Å². The van der Waals surface area contributed by atoms with Gasteiger partial charge in [0.15, 0.2) is 5.96 Å². The first-order valence-corrected chi connectivity index (χ1v) is 5.60. The monoisotopic (exact) mass is 277 g/mol. The van der Waals surface area contributed by atoms with E-state index >= 15 is 0 Å². The van der Waals surface area contributed by atoms with E-state index in [1.165, 1.54) is 0 Å². The number of aliphatic imine (C=N–C) groups is 1. The minimum Gasteiger partial charge on any atom is -0.489 e. The van der Waals surface area contributed by atoms with Gasteiger partial charge in [-0.3, -0.25) is 0 Å². The lowest BCUT2D eigenvalue weighted by Crippen LogP contribution is -2.21. The van der Waals surface area contributed by atoms with Crippen LogP contribution in [0.15, 0.2) is 59.6 Å². The Labute approximate surface area is 118 Å². The van der Waals surface area contributed by atoms with Crippen LogP contribution in [0.3, 0.4) is 0 Å². The Kier molecular flexibility index (Phi) is 5.70. The molecule has 100 valence electrons. The molecule has 0 saturated carbocycles. The zero-order valence-electron chi connectivity index (χ0n) is 10.3. The van der Waals surface area contributed by atoms with E-state index in [1.807, 2.05) is 48.5 Å². The van der Waals surface area contributed by atoms with Gasteiger partial charge in [0, 0.05) is 6.07 Å². The van der Waals surface area contributed by atoms with Crippen molar-refractivity contribution >= 4 is 24.1 Å². The number of rotatable bonds is 4. The largest absolute Gasteiger partial charge is 0.489 e. The van der Waals surface area contributed by atoms with E-state index < -0.39 is 0 Å². The van der Waals surface area contributed by atoms with Crippen molar-refractivity contribution in [2.24, 2.45) is 16.5 Å². The summed E-state index contributed by atoms with van der Waals surface area (Å²) in [6, 6.07) is 17.3. The summed E-state index contributed by atoms with van der Waals surface area (Å²) in [7, 11) is 0. The summed E-state index contributed by atoms with van der Waals surface area (Å²) in [5.41, 5.74) is 12.4. The van der Waals surface area contributed by atoms with Gasteiger partial charge < -0.3 is 16.2 Å². The highest BCUT2D eigenvalue weighted by Crippen LogP contribution is 2.20. The molecule has 0 radical (unpaired) electrons. The summed E-state index contributed by atoms with van der Waals surface area (Å²) < 4.78 is 5.66. The van der Waals surface area contributed by atoms with Crippen LogP contribution in [0.2, 0.25) is 0 Å². The molecule has 0 aliphatic carbocycles. The molecule has 2 aromatic carbocycles. The van der Waals surface area contributed by atoms with E-state index in [-0.39, 0.29) is 18.4 Å². The van der Waals surface area contributed by atoms with Crippen molar-refractivity contribution in [1.29, 1.82) is 0 Å². The van der Waals surface area contributed by atoms with E-state index in [2.05, 4.69) is 4.99 Å². The van der Waals surface area contributed by atoms with E-state index in [0.29, 0.717) is 12.3 Å². The Bertz CT molecular complexity index is 539. The number of hydrogen-bond donors (Lipinski definition) is 2. The highest BCUT2D eigenvalue weighted by atomic mass is 35.5. The fraction of sp³-hybridized carbons (Fsp3) is 0.0714. The highest BCUT2D eigenvalue weighted by Gasteiger charge is 1.97. The molecule has 0 fully saturated rings. The van der Waals surface area contributed by atoms with Crippen LogP contribution in [0.25, 0.3) is 0 Å². The van der Waals surface area contributed by atoms with Gasteiger partial charge in [0.05, 0.1) is 5.69 Å². The third-order valence-corrected chi connectivity index (χ3v) is 2.32. The standard InChI is InChI=1S/C14H15N3O.ClH/c15-14(16)17-12-7-4-8-13(9-12)18-10-11-5-2-1-3-6-11;/h1-9H,10H2,(H4,15,16,17);1H. The maximum absolute atomic E-state index is 5.66. The topological polar surface area (TPSA) is 73.6 Å². The number of nitrogens with zero attached hydrogens (tertiary/aromatic N) is 1. The van der Waals surface area contributed by atoms with Crippen molar-refractivity contribution in [3.63, 3.8) is 0 Å². The molecule has 0 aliphatic heterocycles. The maximum Gasteiger partial charge on any atom is 0.191 e. The molecule has 0 unspecified atom stereocenters. The first-order chi connectivity index (χ1) is 8.74. The Balaban J connectivity index is 0.00000180. The van der Waals surface area contributed by atoms with E-state index in [0.717, 1.165) is 11.3 Å². The summed E-state index contributed by atoms with van der Waals surface area (Å²) in [5, 5.41) is 0. The molecule has 4 N–H and O–H groups in total. The molecule has 0 spiro atoms. The molecule has 0 heterocycles. The van der Waals surface area contributed by atoms with Gasteiger partial charge in [0.25, 0.3) is 0 Å². The van der Waals surface area contributed by atoms with Gasteiger partial charge in [-0.15, -0.1) is 12.4 Å². The van der Waals surface area contributed by atoms with Gasteiger partial charge in [0.1, 0.15) is 12.4 Å². The second kappa shape index (κ2) is 7.28.